The number of aliphatic imine (C=N–C) groups is 1. The molecule has 0 amide bonds. The number of fused-ring (bicyclic) bond motifs is 1. The summed E-state index contributed by atoms with van der Waals surface area (Å²) in [7, 11) is 0. The van der Waals surface area contributed by atoms with Gasteiger partial charge < -0.3 is 24.4 Å². The minimum Gasteiger partial charge on any atom is -0.463 e. The SMILES string of the molecule is CC(=O)OCC1O[C@]2(OC(C)=O)OC(C)=N[C@H]2C(O)[C@H]1O. The van der Waals surface area contributed by atoms with Gasteiger partial charge in [-0.1, -0.05) is 0 Å². The van der Waals surface area contributed by atoms with Crippen molar-refractivity contribution in [3.05, 3.63) is 0 Å². The van der Waals surface area contributed by atoms with Crippen LogP contribution < -0.4 is 0 Å². The Morgan fingerprint density at radius 3 is 2.52 bits per heavy atom. The lowest BCUT2D eigenvalue weighted by Crippen LogP contribution is -2.65. The molecule has 2 aliphatic rings. The van der Waals surface area contributed by atoms with Gasteiger partial charge >= 0.3 is 17.9 Å². The highest BCUT2D eigenvalue weighted by atomic mass is 16.9. The summed E-state index contributed by atoms with van der Waals surface area (Å²) in [5.74, 6) is -3.11. The fourth-order valence-electron chi connectivity index (χ4n) is 2.27. The van der Waals surface area contributed by atoms with Crippen molar-refractivity contribution in [2.45, 2.75) is 51.1 Å². The smallest absolute Gasteiger partial charge is 0.401 e. The van der Waals surface area contributed by atoms with Crippen LogP contribution in [0.15, 0.2) is 4.99 Å². The summed E-state index contributed by atoms with van der Waals surface area (Å²) in [4.78, 5) is 26.1. The first-order chi connectivity index (χ1) is 9.75. The van der Waals surface area contributed by atoms with Gasteiger partial charge in [0, 0.05) is 20.8 Å². The second kappa shape index (κ2) is 5.58. The standard InChI is InChI=1S/C12H17NO8/c1-5-13-11-10(17)9(16)8(4-18-6(2)14)21-12(11,19-5)20-7(3)15/h8-11,16-17H,4H2,1-3H3/t8?,9-,10?,11-,12-/m0/s1. The second-order valence-electron chi connectivity index (χ2n) is 4.83. The van der Waals surface area contributed by atoms with Crippen LogP contribution in [0.4, 0.5) is 0 Å². The number of carbonyl (C=O) groups is 2. The van der Waals surface area contributed by atoms with E-state index in [4.69, 9.17) is 18.9 Å². The summed E-state index contributed by atoms with van der Waals surface area (Å²) in [6.45, 7) is 3.50. The van der Waals surface area contributed by atoms with Crippen molar-refractivity contribution < 1.29 is 38.7 Å². The highest BCUT2D eigenvalue weighted by Gasteiger charge is 2.62. The molecule has 0 bridgehead atoms. The Bertz CT molecular complexity index is 478. The highest BCUT2D eigenvalue weighted by molar-refractivity contribution is 5.76. The molecular formula is C12H17NO8. The first kappa shape index (κ1) is 15.7. The van der Waals surface area contributed by atoms with Gasteiger partial charge in [0.15, 0.2) is 11.9 Å². The number of nitrogens with zero attached hydrogens (tertiary/aromatic N) is 1. The third kappa shape index (κ3) is 2.99. The van der Waals surface area contributed by atoms with E-state index < -0.39 is 42.3 Å². The van der Waals surface area contributed by atoms with Crippen LogP contribution in [0.25, 0.3) is 0 Å². The van der Waals surface area contributed by atoms with Crippen LogP contribution in [0.2, 0.25) is 0 Å². The Balaban J connectivity index is 2.23. The van der Waals surface area contributed by atoms with Crippen molar-refractivity contribution in [2.24, 2.45) is 4.99 Å². The zero-order chi connectivity index (χ0) is 15.8. The molecule has 118 valence electrons. The highest BCUT2D eigenvalue weighted by Crippen LogP contribution is 2.38. The lowest BCUT2D eigenvalue weighted by atomic mass is 9.96. The van der Waals surface area contributed by atoms with Crippen molar-refractivity contribution in [1.82, 2.24) is 0 Å². The Hall–Kier alpha value is -1.71. The Labute approximate surface area is 120 Å². The largest absolute Gasteiger partial charge is 0.463 e. The first-order valence-electron chi connectivity index (χ1n) is 6.35. The molecule has 2 rings (SSSR count). The number of carbonyl (C=O) groups excluding carboxylic acids is 2. The van der Waals surface area contributed by atoms with Crippen molar-refractivity contribution in [3.8, 4) is 0 Å². The maximum Gasteiger partial charge on any atom is 0.401 e. The van der Waals surface area contributed by atoms with Crippen LogP contribution in [0.1, 0.15) is 20.8 Å². The molecule has 9 heteroatoms. The van der Waals surface area contributed by atoms with Crippen molar-refractivity contribution in [3.63, 3.8) is 0 Å². The van der Waals surface area contributed by atoms with Crippen molar-refractivity contribution >= 4 is 17.8 Å². The zero-order valence-electron chi connectivity index (χ0n) is 11.8. The molecule has 2 heterocycles. The van der Waals surface area contributed by atoms with Gasteiger partial charge in [0.25, 0.3) is 0 Å². The van der Waals surface area contributed by atoms with E-state index in [1.807, 2.05) is 0 Å². The van der Waals surface area contributed by atoms with E-state index in [1.165, 1.54) is 13.8 Å². The number of ether oxygens (including phenoxy) is 4. The molecule has 21 heavy (non-hydrogen) atoms. The summed E-state index contributed by atoms with van der Waals surface area (Å²) >= 11 is 0. The van der Waals surface area contributed by atoms with E-state index in [9.17, 15) is 19.8 Å². The quantitative estimate of drug-likeness (QED) is 0.617. The molecular weight excluding hydrogens is 286 g/mol. The van der Waals surface area contributed by atoms with Crippen LogP contribution in [-0.2, 0) is 28.5 Å². The normalized spacial score (nSPS) is 38.0. The number of hydrogen-bond acceptors (Lipinski definition) is 9. The number of esters is 2. The van der Waals surface area contributed by atoms with Gasteiger partial charge in [0.2, 0.25) is 0 Å². The first-order valence-corrected chi connectivity index (χ1v) is 6.35. The lowest BCUT2D eigenvalue weighted by molar-refractivity contribution is -0.390. The lowest BCUT2D eigenvalue weighted by Gasteiger charge is -2.43. The monoisotopic (exact) mass is 303 g/mol. The number of rotatable bonds is 3. The number of aliphatic hydroxyl groups excluding tert-OH is 2. The molecule has 0 spiro atoms. The van der Waals surface area contributed by atoms with Gasteiger partial charge in [-0.3, -0.25) is 14.3 Å². The number of aliphatic hydroxyl groups is 2. The zero-order valence-corrected chi connectivity index (χ0v) is 11.8. The van der Waals surface area contributed by atoms with E-state index in [1.54, 1.807) is 0 Å². The predicted octanol–water partition coefficient (Wildman–Crippen LogP) is -1.30. The molecule has 2 aliphatic heterocycles. The minimum absolute atomic E-state index is 0.139. The van der Waals surface area contributed by atoms with Crippen LogP contribution in [0, 0.1) is 0 Å². The third-order valence-corrected chi connectivity index (χ3v) is 3.08. The molecule has 9 nitrogen and oxygen atoms in total. The Morgan fingerprint density at radius 1 is 1.29 bits per heavy atom. The van der Waals surface area contributed by atoms with Gasteiger partial charge in [0.1, 0.15) is 24.9 Å². The topological polar surface area (TPSA) is 124 Å². The summed E-state index contributed by atoms with van der Waals surface area (Å²) in [5.41, 5.74) is 0. The molecule has 2 unspecified atom stereocenters. The van der Waals surface area contributed by atoms with E-state index in [-0.39, 0.29) is 12.5 Å². The van der Waals surface area contributed by atoms with Crippen molar-refractivity contribution in [1.29, 1.82) is 0 Å². The Morgan fingerprint density at radius 2 is 1.95 bits per heavy atom. The summed E-state index contributed by atoms with van der Waals surface area (Å²) in [5, 5.41) is 20.1. The van der Waals surface area contributed by atoms with Crippen LogP contribution in [-0.4, -0.2) is 65.0 Å². The van der Waals surface area contributed by atoms with Crippen LogP contribution in [0.3, 0.4) is 0 Å². The summed E-state index contributed by atoms with van der Waals surface area (Å²) in [6.07, 6.45) is -3.91. The van der Waals surface area contributed by atoms with Gasteiger partial charge in [-0.05, 0) is 0 Å². The Kier molecular flexibility index (Phi) is 4.17. The van der Waals surface area contributed by atoms with Crippen LogP contribution in [0.5, 0.6) is 0 Å². The predicted molar refractivity (Wildman–Crippen MR) is 66.0 cm³/mol. The molecule has 0 radical (unpaired) electrons. The fourth-order valence-corrected chi connectivity index (χ4v) is 2.27. The maximum atomic E-state index is 11.3. The van der Waals surface area contributed by atoms with Gasteiger partial charge in [-0.2, -0.15) is 0 Å². The molecule has 0 saturated carbocycles. The average Bonchev–Trinajstić information content (AvgIpc) is 2.68. The molecule has 0 aromatic heterocycles. The van der Waals surface area contributed by atoms with Gasteiger partial charge in [-0.15, -0.1) is 0 Å². The molecule has 1 saturated heterocycles. The molecule has 1 fully saturated rings. The fraction of sp³-hybridized carbons (Fsp3) is 0.750. The van der Waals surface area contributed by atoms with Gasteiger partial charge in [-0.25, -0.2) is 4.99 Å². The van der Waals surface area contributed by atoms with E-state index in [0.29, 0.717) is 0 Å². The molecule has 2 N–H and O–H groups in total. The molecule has 0 aliphatic carbocycles. The van der Waals surface area contributed by atoms with E-state index in [2.05, 4.69) is 4.99 Å². The minimum atomic E-state index is -1.96. The van der Waals surface area contributed by atoms with Crippen LogP contribution >= 0.6 is 0 Å². The second-order valence-corrected chi connectivity index (χ2v) is 4.83. The van der Waals surface area contributed by atoms with E-state index in [0.717, 1.165) is 6.92 Å². The third-order valence-electron chi connectivity index (χ3n) is 3.08. The molecule has 5 atom stereocenters. The summed E-state index contributed by atoms with van der Waals surface area (Å²) < 4.78 is 20.5. The maximum absolute atomic E-state index is 11.3. The van der Waals surface area contributed by atoms with Gasteiger partial charge in [0.05, 0.1) is 0 Å². The van der Waals surface area contributed by atoms with E-state index >= 15 is 0 Å². The molecule has 0 aromatic rings. The van der Waals surface area contributed by atoms with Crippen molar-refractivity contribution in [2.75, 3.05) is 6.61 Å². The average molecular weight is 303 g/mol. The number of hydrogen-bond donors (Lipinski definition) is 2. The summed E-state index contributed by atoms with van der Waals surface area (Å²) in [6, 6.07) is -1.12. The molecule has 0 aromatic carbocycles.